The summed E-state index contributed by atoms with van der Waals surface area (Å²) in [6.45, 7) is 2.12. The number of nitrogen functional groups attached to an aromatic ring is 1. The third-order valence-corrected chi connectivity index (χ3v) is 4.29. The first-order valence-electron chi connectivity index (χ1n) is 8.38. The molecule has 3 heterocycles. The summed E-state index contributed by atoms with van der Waals surface area (Å²) >= 11 is 0. The monoisotopic (exact) mass is 355 g/mol. The summed E-state index contributed by atoms with van der Waals surface area (Å²) in [5.41, 5.74) is 6.59. The summed E-state index contributed by atoms with van der Waals surface area (Å²) in [5.74, 6) is 0.590. The Morgan fingerprint density at radius 2 is 1.69 bits per heavy atom. The Morgan fingerprint density at radius 3 is 2.31 bits per heavy atom. The minimum Gasteiger partial charge on any atom is -0.481 e. The van der Waals surface area contributed by atoms with Gasteiger partial charge < -0.3 is 20.3 Å². The van der Waals surface area contributed by atoms with E-state index in [2.05, 4.69) is 9.97 Å². The van der Waals surface area contributed by atoms with Crippen LogP contribution in [0.25, 0.3) is 0 Å². The van der Waals surface area contributed by atoms with Crippen molar-refractivity contribution in [2.75, 3.05) is 39.0 Å². The molecule has 1 aliphatic rings. The molecule has 8 nitrogen and oxygen atoms in total. The van der Waals surface area contributed by atoms with Gasteiger partial charge in [-0.05, 0) is 24.6 Å². The number of anilines is 1. The van der Waals surface area contributed by atoms with E-state index in [-0.39, 0.29) is 11.8 Å². The molecule has 0 aliphatic carbocycles. The Bertz CT molecular complexity index is 794. The minimum atomic E-state index is -0.0996. The molecule has 0 radical (unpaired) electrons. The average Bonchev–Trinajstić information content (AvgIpc) is 2.93. The van der Waals surface area contributed by atoms with Gasteiger partial charge in [-0.3, -0.25) is 9.59 Å². The van der Waals surface area contributed by atoms with E-state index < -0.39 is 0 Å². The van der Waals surface area contributed by atoms with Gasteiger partial charge in [0.05, 0.1) is 12.7 Å². The number of methoxy groups -OCH3 is 1. The SMILES string of the molecule is COc1cc(C(=O)N2CCCN(C(=O)c3ccc(N)nc3)CC2)ccn1. The largest absolute Gasteiger partial charge is 0.481 e. The maximum Gasteiger partial charge on any atom is 0.255 e. The first-order chi connectivity index (χ1) is 12.6. The van der Waals surface area contributed by atoms with E-state index in [0.29, 0.717) is 55.4 Å². The van der Waals surface area contributed by atoms with Gasteiger partial charge in [-0.1, -0.05) is 0 Å². The molecule has 1 fully saturated rings. The minimum absolute atomic E-state index is 0.0887. The number of nitrogens with zero attached hydrogens (tertiary/aromatic N) is 4. The molecule has 1 saturated heterocycles. The van der Waals surface area contributed by atoms with Gasteiger partial charge in [0.25, 0.3) is 11.8 Å². The molecule has 0 atom stereocenters. The number of carbonyl (C=O) groups excluding carboxylic acids is 2. The number of carbonyl (C=O) groups is 2. The molecule has 3 rings (SSSR count). The highest BCUT2D eigenvalue weighted by molar-refractivity contribution is 5.95. The van der Waals surface area contributed by atoms with E-state index in [1.807, 2.05) is 0 Å². The molecule has 2 amide bonds. The van der Waals surface area contributed by atoms with Crippen molar-refractivity contribution in [1.29, 1.82) is 0 Å². The van der Waals surface area contributed by atoms with Crippen molar-refractivity contribution in [3.63, 3.8) is 0 Å². The predicted octanol–water partition coefficient (Wildman–Crippen LogP) is 1.06. The van der Waals surface area contributed by atoms with Gasteiger partial charge in [-0.2, -0.15) is 0 Å². The second kappa shape index (κ2) is 7.81. The van der Waals surface area contributed by atoms with E-state index in [1.165, 1.54) is 13.3 Å². The molecule has 0 unspecified atom stereocenters. The normalized spacial score (nSPS) is 14.7. The molecular formula is C18H21N5O3. The second-order valence-corrected chi connectivity index (χ2v) is 6.00. The lowest BCUT2D eigenvalue weighted by Crippen LogP contribution is -2.37. The maximum atomic E-state index is 12.7. The van der Waals surface area contributed by atoms with Crippen LogP contribution in [0, 0.1) is 0 Å². The van der Waals surface area contributed by atoms with Crippen molar-refractivity contribution < 1.29 is 14.3 Å². The molecule has 0 saturated carbocycles. The highest BCUT2D eigenvalue weighted by atomic mass is 16.5. The van der Waals surface area contributed by atoms with Crippen LogP contribution in [0.2, 0.25) is 0 Å². The maximum absolute atomic E-state index is 12.7. The predicted molar refractivity (Wildman–Crippen MR) is 95.9 cm³/mol. The first-order valence-corrected chi connectivity index (χ1v) is 8.38. The third kappa shape index (κ3) is 3.90. The van der Waals surface area contributed by atoms with Crippen LogP contribution in [0.4, 0.5) is 5.82 Å². The number of rotatable bonds is 3. The van der Waals surface area contributed by atoms with Gasteiger partial charge in [0.2, 0.25) is 5.88 Å². The van der Waals surface area contributed by atoms with E-state index in [9.17, 15) is 9.59 Å². The van der Waals surface area contributed by atoms with Crippen LogP contribution in [-0.2, 0) is 0 Å². The lowest BCUT2D eigenvalue weighted by atomic mass is 10.2. The molecular weight excluding hydrogens is 334 g/mol. The number of nitrogens with two attached hydrogens (primary N) is 1. The summed E-state index contributed by atoms with van der Waals surface area (Å²) in [6, 6.07) is 6.56. The van der Waals surface area contributed by atoms with Crippen molar-refractivity contribution in [1.82, 2.24) is 19.8 Å². The Balaban J connectivity index is 1.66. The summed E-state index contributed by atoms with van der Waals surface area (Å²) in [7, 11) is 1.51. The number of ether oxygens (including phenoxy) is 1. The fraction of sp³-hybridized carbons (Fsp3) is 0.333. The van der Waals surface area contributed by atoms with Crippen molar-refractivity contribution in [3.8, 4) is 5.88 Å². The summed E-state index contributed by atoms with van der Waals surface area (Å²) in [5, 5.41) is 0. The summed E-state index contributed by atoms with van der Waals surface area (Å²) < 4.78 is 5.07. The van der Waals surface area contributed by atoms with Crippen LogP contribution in [0.5, 0.6) is 5.88 Å². The van der Waals surface area contributed by atoms with E-state index in [1.54, 1.807) is 40.3 Å². The van der Waals surface area contributed by atoms with Crippen LogP contribution in [0.1, 0.15) is 27.1 Å². The van der Waals surface area contributed by atoms with Gasteiger partial charge in [0.15, 0.2) is 0 Å². The topological polar surface area (TPSA) is 102 Å². The number of aromatic nitrogens is 2. The fourth-order valence-electron chi connectivity index (χ4n) is 2.87. The lowest BCUT2D eigenvalue weighted by Gasteiger charge is -2.22. The van der Waals surface area contributed by atoms with Crippen LogP contribution in [0.3, 0.4) is 0 Å². The second-order valence-electron chi connectivity index (χ2n) is 6.00. The molecule has 8 heteroatoms. The Labute approximate surface area is 151 Å². The number of amides is 2. The molecule has 2 aromatic heterocycles. The molecule has 2 aromatic rings. The third-order valence-electron chi connectivity index (χ3n) is 4.29. The standard InChI is InChI=1S/C18H21N5O3/c1-26-16-11-13(5-6-20-16)17(24)22-7-2-8-23(10-9-22)18(25)14-3-4-15(19)21-12-14/h3-6,11-12H,2,7-10H2,1H3,(H2,19,21). The number of hydrogen-bond acceptors (Lipinski definition) is 6. The Morgan fingerprint density at radius 1 is 1.00 bits per heavy atom. The molecule has 26 heavy (non-hydrogen) atoms. The van der Waals surface area contributed by atoms with Gasteiger partial charge in [-0.25, -0.2) is 9.97 Å². The van der Waals surface area contributed by atoms with Crippen molar-refractivity contribution >= 4 is 17.6 Å². The Hall–Kier alpha value is -3.16. The fourth-order valence-corrected chi connectivity index (χ4v) is 2.87. The summed E-state index contributed by atoms with van der Waals surface area (Å²) in [4.78, 5) is 36.8. The Kier molecular flexibility index (Phi) is 5.31. The van der Waals surface area contributed by atoms with E-state index >= 15 is 0 Å². The van der Waals surface area contributed by atoms with Crippen LogP contribution >= 0.6 is 0 Å². The van der Waals surface area contributed by atoms with Crippen molar-refractivity contribution in [3.05, 3.63) is 47.8 Å². The smallest absolute Gasteiger partial charge is 0.255 e. The molecule has 136 valence electrons. The highest BCUT2D eigenvalue weighted by Crippen LogP contribution is 2.14. The van der Waals surface area contributed by atoms with Crippen LogP contribution < -0.4 is 10.5 Å². The highest BCUT2D eigenvalue weighted by Gasteiger charge is 2.24. The van der Waals surface area contributed by atoms with Crippen LogP contribution in [0.15, 0.2) is 36.7 Å². The lowest BCUT2D eigenvalue weighted by molar-refractivity contribution is 0.0718. The average molecular weight is 355 g/mol. The zero-order chi connectivity index (χ0) is 18.5. The van der Waals surface area contributed by atoms with Gasteiger partial charge in [-0.15, -0.1) is 0 Å². The van der Waals surface area contributed by atoms with Gasteiger partial charge in [0.1, 0.15) is 5.82 Å². The van der Waals surface area contributed by atoms with E-state index in [0.717, 1.165) is 0 Å². The van der Waals surface area contributed by atoms with Crippen molar-refractivity contribution in [2.24, 2.45) is 0 Å². The van der Waals surface area contributed by atoms with Gasteiger partial charge in [0, 0.05) is 50.2 Å². The van der Waals surface area contributed by atoms with Crippen LogP contribution in [-0.4, -0.2) is 64.9 Å². The molecule has 0 aromatic carbocycles. The molecule has 0 spiro atoms. The molecule has 0 bridgehead atoms. The van der Waals surface area contributed by atoms with Crippen molar-refractivity contribution in [2.45, 2.75) is 6.42 Å². The number of hydrogen-bond donors (Lipinski definition) is 1. The quantitative estimate of drug-likeness (QED) is 0.883. The van der Waals surface area contributed by atoms with Gasteiger partial charge >= 0.3 is 0 Å². The number of pyridine rings is 2. The van der Waals surface area contributed by atoms with E-state index in [4.69, 9.17) is 10.5 Å². The zero-order valence-electron chi connectivity index (χ0n) is 14.6. The zero-order valence-corrected chi connectivity index (χ0v) is 14.6. The molecule has 2 N–H and O–H groups in total. The summed E-state index contributed by atoms with van der Waals surface area (Å²) in [6.07, 6.45) is 3.74. The first kappa shape index (κ1) is 17.7. The molecule has 1 aliphatic heterocycles.